The molecule has 6 heteroatoms. The van der Waals surface area contributed by atoms with Crippen LogP contribution in [0.4, 0.5) is 5.69 Å². The minimum Gasteiger partial charge on any atom is -0.491 e. The van der Waals surface area contributed by atoms with Crippen molar-refractivity contribution in [2.75, 3.05) is 18.9 Å². The SMILES string of the molecule is CC(C)Oc1ccc(NC(=O)CN(C)Cc2nccs2)cc1. The van der Waals surface area contributed by atoms with E-state index in [0.29, 0.717) is 13.1 Å². The van der Waals surface area contributed by atoms with Crippen LogP contribution in [0, 0.1) is 0 Å². The number of nitrogens with one attached hydrogen (secondary N) is 1. The molecule has 0 bridgehead atoms. The summed E-state index contributed by atoms with van der Waals surface area (Å²) in [7, 11) is 1.90. The maximum absolute atomic E-state index is 12.0. The molecule has 2 aromatic rings. The van der Waals surface area contributed by atoms with Gasteiger partial charge in [-0.2, -0.15) is 0 Å². The highest BCUT2D eigenvalue weighted by Crippen LogP contribution is 2.17. The smallest absolute Gasteiger partial charge is 0.238 e. The number of benzene rings is 1. The van der Waals surface area contributed by atoms with E-state index in [9.17, 15) is 4.79 Å². The van der Waals surface area contributed by atoms with E-state index < -0.39 is 0 Å². The van der Waals surface area contributed by atoms with Crippen molar-refractivity contribution >= 4 is 22.9 Å². The van der Waals surface area contributed by atoms with E-state index in [2.05, 4.69) is 10.3 Å². The number of carbonyl (C=O) groups excluding carboxylic acids is 1. The van der Waals surface area contributed by atoms with Crippen molar-refractivity contribution in [2.24, 2.45) is 0 Å². The molecule has 2 rings (SSSR count). The summed E-state index contributed by atoms with van der Waals surface area (Å²) in [6, 6.07) is 7.40. The Morgan fingerprint density at radius 1 is 1.36 bits per heavy atom. The summed E-state index contributed by atoms with van der Waals surface area (Å²) in [5, 5.41) is 5.82. The third kappa shape index (κ3) is 5.46. The first-order valence-electron chi connectivity index (χ1n) is 7.16. The van der Waals surface area contributed by atoms with Gasteiger partial charge in [0, 0.05) is 17.3 Å². The van der Waals surface area contributed by atoms with E-state index in [0.717, 1.165) is 16.4 Å². The minimum atomic E-state index is -0.0448. The number of aromatic nitrogens is 1. The van der Waals surface area contributed by atoms with Crippen molar-refractivity contribution < 1.29 is 9.53 Å². The number of hydrogen-bond donors (Lipinski definition) is 1. The van der Waals surface area contributed by atoms with Crippen LogP contribution in [0.2, 0.25) is 0 Å². The molecule has 1 heterocycles. The zero-order valence-electron chi connectivity index (χ0n) is 13.1. The van der Waals surface area contributed by atoms with Crippen LogP contribution in [0.25, 0.3) is 0 Å². The second kappa shape index (κ2) is 7.91. The standard InChI is InChI=1S/C16H21N3O2S/c1-12(2)21-14-6-4-13(5-7-14)18-15(20)10-19(3)11-16-17-8-9-22-16/h4-9,12H,10-11H2,1-3H3,(H,18,20). The fraction of sp³-hybridized carbons (Fsp3) is 0.375. The number of anilines is 1. The Morgan fingerprint density at radius 3 is 2.68 bits per heavy atom. The lowest BCUT2D eigenvalue weighted by molar-refractivity contribution is -0.117. The largest absolute Gasteiger partial charge is 0.491 e. The Hall–Kier alpha value is -1.92. The molecule has 0 saturated heterocycles. The second-order valence-corrected chi connectivity index (χ2v) is 6.32. The summed E-state index contributed by atoms with van der Waals surface area (Å²) in [6.07, 6.45) is 1.91. The van der Waals surface area contributed by atoms with Gasteiger partial charge >= 0.3 is 0 Å². The predicted molar refractivity (Wildman–Crippen MR) is 89.3 cm³/mol. The Bertz CT molecular complexity index is 582. The fourth-order valence-electron chi connectivity index (χ4n) is 1.95. The molecule has 5 nitrogen and oxygen atoms in total. The van der Waals surface area contributed by atoms with Gasteiger partial charge in [-0.05, 0) is 45.2 Å². The molecule has 0 aliphatic heterocycles. The summed E-state index contributed by atoms with van der Waals surface area (Å²) < 4.78 is 5.57. The van der Waals surface area contributed by atoms with Crippen LogP contribution >= 0.6 is 11.3 Å². The summed E-state index contributed by atoms with van der Waals surface area (Å²) in [5.74, 6) is 0.755. The highest BCUT2D eigenvalue weighted by Gasteiger charge is 2.09. The van der Waals surface area contributed by atoms with Gasteiger partial charge in [0.2, 0.25) is 5.91 Å². The highest BCUT2D eigenvalue weighted by atomic mass is 32.1. The molecule has 0 fully saturated rings. The molecule has 0 saturated carbocycles. The fourth-order valence-corrected chi connectivity index (χ4v) is 2.65. The van der Waals surface area contributed by atoms with Crippen LogP contribution in [0.3, 0.4) is 0 Å². The number of carbonyl (C=O) groups is 1. The molecule has 1 aromatic carbocycles. The van der Waals surface area contributed by atoms with Crippen LogP contribution in [-0.4, -0.2) is 35.5 Å². The molecule has 0 unspecified atom stereocenters. The lowest BCUT2D eigenvalue weighted by Crippen LogP contribution is -2.29. The Kier molecular flexibility index (Phi) is 5.91. The maximum atomic E-state index is 12.0. The molecule has 0 aliphatic rings. The lowest BCUT2D eigenvalue weighted by Gasteiger charge is -2.15. The van der Waals surface area contributed by atoms with E-state index in [-0.39, 0.29) is 12.0 Å². The number of likely N-dealkylation sites (N-methyl/N-ethyl adjacent to an activating group) is 1. The number of amides is 1. The normalized spacial score (nSPS) is 11.0. The Morgan fingerprint density at radius 2 is 2.09 bits per heavy atom. The monoisotopic (exact) mass is 319 g/mol. The number of hydrogen-bond acceptors (Lipinski definition) is 5. The summed E-state index contributed by atoms with van der Waals surface area (Å²) in [4.78, 5) is 18.2. The van der Waals surface area contributed by atoms with Crippen molar-refractivity contribution in [1.82, 2.24) is 9.88 Å². The van der Waals surface area contributed by atoms with E-state index in [1.54, 1.807) is 17.5 Å². The topological polar surface area (TPSA) is 54.5 Å². The molecule has 1 aromatic heterocycles. The van der Waals surface area contributed by atoms with Gasteiger partial charge < -0.3 is 10.1 Å². The maximum Gasteiger partial charge on any atom is 0.238 e. The van der Waals surface area contributed by atoms with Crippen molar-refractivity contribution in [3.63, 3.8) is 0 Å². The number of nitrogens with zero attached hydrogens (tertiary/aromatic N) is 2. The quantitative estimate of drug-likeness (QED) is 0.852. The first kappa shape index (κ1) is 16.5. The molecular weight excluding hydrogens is 298 g/mol. The van der Waals surface area contributed by atoms with Crippen molar-refractivity contribution in [3.05, 3.63) is 40.8 Å². The molecule has 0 radical (unpaired) electrons. The molecule has 1 N–H and O–H groups in total. The molecule has 0 aliphatic carbocycles. The summed E-state index contributed by atoms with van der Waals surface area (Å²) in [6.45, 7) is 4.96. The van der Waals surface area contributed by atoms with Gasteiger partial charge in [0.05, 0.1) is 19.2 Å². The molecule has 22 heavy (non-hydrogen) atoms. The van der Waals surface area contributed by atoms with Crippen LogP contribution in [0.1, 0.15) is 18.9 Å². The van der Waals surface area contributed by atoms with E-state index in [1.165, 1.54) is 0 Å². The van der Waals surface area contributed by atoms with Gasteiger partial charge in [-0.1, -0.05) is 0 Å². The molecule has 1 amide bonds. The van der Waals surface area contributed by atoms with Gasteiger partial charge in [-0.15, -0.1) is 11.3 Å². The van der Waals surface area contributed by atoms with E-state index in [1.807, 2.05) is 55.4 Å². The van der Waals surface area contributed by atoms with Crippen LogP contribution < -0.4 is 10.1 Å². The number of thiazole rings is 1. The van der Waals surface area contributed by atoms with Gasteiger partial charge in [0.25, 0.3) is 0 Å². The second-order valence-electron chi connectivity index (χ2n) is 5.34. The third-order valence-corrected chi connectivity index (χ3v) is 3.58. The zero-order chi connectivity index (χ0) is 15.9. The van der Waals surface area contributed by atoms with E-state index in [4.69, 9.17) is 4.74 Å². The first-order chi connectivity index (χ1) is 10.5. The lowest BCUT2D eigenvalue weighted by atomic mass is 10.3. The van der Waals surface area contributed by atoms with Crippen molar-refractivity contribution in [3.8, 4) is 5.75 Å². The minimum absolute atomic E-state index is 0.0448. The van der Waals surface area contributed by atoms with Gasteiger partial charge in [-0.25, -0.2) is 4.98 Å². The zero-order valence-corrected chi connectivity index (χ0v) is 13.9. The van der Waals surface area contributed by atoms with Gasteiger partial charge in [0.15, 0.2) is 0 Å². The van der Waals surface area contributed by atoms with Crippen molar-refractivity contribution in [1.29, 1.82) is 0 Å². The predicted octanol–water partition coefficient (Wildman–Crippen LogP) is 3.00. The average molecular weight is 319 g/mol. The Labute approximate surface area is 134 Å². The van der Waals surface area contributed by atoms with Crippen LogP contribution in [-0.2, 0) is 11.3 Å². The molecular formula is C16H21N3O2S. The molecule has 118 valence electrons. The Balaban J connectivity index is 1.81. The first-order valence-corrected chi connectivity index (χ1v) is 8.04. The van der Waals surface area contributed by atoms with Crippen LogP contribution in [0.15, 0.2) is 35.8 Å². The average Bonchev–Trinajstić information content (AvgIpc) is 2.93. The van der Waals surface area contributed by atoms with Crippen molar-refractivity contribution in [2.45, 2.75) is 26.5 Å². The van der Waals surface area contributed by atoms with E-state index >= 15 is 0 Å². The highest BCUT2D eigenvalue weighted by molar-refractivity contribution is 7.09. The number of rotatable bonds is 7. The third-order valence-electron chi connectivity index (χ3n) is 2.81. The molecule has 0 atom stereocenters. The van der Waals surface area contributed by atoms with Crippen LogP contribution in [0.5, 0.6) is 5.75 Å². The number of ether oxygens (including phenoxy) is 1. The summed E-state index contributed by atoms with van der Waals surface area (Å²) in [5.41, 5.74) is 0.767. The molecule has 0 spiro atoms. The summed E-state index contributed by atoms with van der Waals surface area (Å²) >= 11 is 1.59. The van der Waals surface area contributed by atoms with Gasteiger partial charge in [0.1, 0.15) is 10.8 Å². The van der Waals surface area contributed by atoms with Gasteiger partial charge in [-0.3, -0.25) is 9.69 Å².